The molecule has 4 rings (SSSR count). The van der Waals surface area contributed by atoms with Crippen molar-refractivity contribution in [1.29, 1.82) is 0 Å². The molecule has 10 heteroatoms. The van der Waals surface area contributed by atoms with Crippen LogP contribution in [0.5, 0.6) is 5.75 Å². The van der Waals surface area contributed by atoms with Crippen molar-refractivity contribution in [3.05, 3.63) is 58.9 Å². The highest BCUT2D eigenvalue weighted by Crippen LogP contribution is 2.55. The number of benzene rings is 2. The van der Waals surface area contributed by atoms with E-state index in [0.717, 1.165) is 12.1 Å². The highest BCUT2D eigenvalue weighted by Gasteiger charge is 2.71. The summed E-state index contributed by atoms with van der Waals surface area (Å²) in [6.45, 7) is 3.34. The largest absolute Gasteiger partial charge is 0.490 e. The third-order valence-electron chi connectivity index (χ3n) is 6.33. The summed E-state index contributed by atoms with van der Waals surface area (Å²) in [5.74, 6) is -0.915. The van der Waals surface area contributed by atoms with E-state index in [1.807, 2.05) is 0 Å². The summed E-state index contributed by atoms with van der Waals surface area (Å²) in [6.07, 6.45) is -11.9. The molecule has 0 fully saturated rings. The van der Waals surface area contributed by atoms with Crippen LogP contribution in [-0.4, -0.2) is 24.1 Å². The molecule has 0 saturated carbocycles. The molecule has 2 aromatic carbocycles. The number of ether oxygens (including phenoxy) is 1. The summed E-state index contributed by atoms with van der Waals surface area (Å²) in [6, 6.07) is 6.36. The molecule has 0 spiro atoms. The van der Waals surface area contributed by atoms with E-state index in [0.29, 0.717) is 17.3 Å². The predicted molar refractivity (Wildman–Crippen MR) is 97.2 cm³/mol. The molecule has 2 aliphatic heterocycles. The van der Waals surface area contributed by atoms with Gasteiger partial charge in [-0.15, -0.1) is 0 Å². The molecule has 0 radical (unpaired) electrons. The zero-order valence-corrected chi connectivity index (χ0v) is 16.3. The van der Waals surface area contributed by atoms with Gasteiger partial charge in [-0.3, -0.25) is 0 Å². The van der Waals surface area contributed by atoms with Crippen molar-refractivity contribution in [3.8, 4) is 5.75 Å². The summed E-state index contributed by atoms with van der Waals surface area (Å²) in [5.41, 5.74) is -6.30. The van der Waals surface area contributed by atoms with Crippen LogP contribution in [0.2, 0.25) is 0 Å². The van der Waals surface area contributed by atoms with Crippen LogP contribution in [0.25, 0.3) is 0 Å². The second kappa shape index (κ2) is 6.51. The summed E-state index contributed by atoms with van der Waals surface area (Å²) in [4.78, 5) is 0. The van der Waals surface area contributed by atoms with Crippen molar-refractivity contribution in [2.45, 2.75) is 43.3 Å². The van der Waals surface area contributed by atoms with Gasteiger partial charge in [-0.05, 0) is 23.8 Å². The van der Waals surface area contributed by atoms with Crippen molar-refractivity contribution in [3.63, 3.8) is 0 Å². The van der Waals surface area contributed by atoms with Gasteiger partial charge in [0.1, 0.15) is 0 Å². The highest BCUT2D eigenvalue weighted by molar-refractivity contribution is 5.62. The van der Waals surface area contributed by atoms with Crippen LogP contribution in [-0.2, 0) is 11.0 Å². The maximum Gasteiger partial charge on any atom is 0.430 e. The summed E-state index contributed by atoms with van der Waals surface area (Å²) < 4.78 is 99.7. The third kappa shape index (κ3) is 2.98. The fourth-order valence-corrected chi connectivity index (χ4v) is 4.50. The number of para-hydroxylation sites is 1. The molecule has 0 aliphatic carbocycles. The molecule has 0 aromatic heterocycles. The topological polar surface area (TPSA) is 41.5 Å². The Kier molecular flexibility index (Phi) is 4.56. The fraction of sp³-hybridized carbons (Fsp3) is 0.429. The first kappa shape index (κ1) is 21.7. The van der Waals surface area contributed by atoms with Crippen molar-refractivity contribution >= 4 is 5.69 Å². The number of hydrogen-bond acceptors (Lipinski definition) is 3. The van der Waals surface area contributed by atoms with Gasteiger partial charge in [-0.2, -0.15) is 26.3 Å². The van der Waals surface area contributed by atoms with Gasteiger partial charge in [0, 0.05) is 28.1 Å². The number of aliphatic hydroxyl groups is 1. The van der Waals surface area contributed by atoms with Gasteiger partial charge in [0.2, 0.25) is 0 Å². The Morgan fingerprint density at radius 3 is 2.29 bits per heavy atom. The molecule has 2 unspecified atom stereocenters. The van der Waals surface area contributed by atoms with Gasteiger partial charge in [0.15, 0.2) is 11.6 Å². The standard InChI is InChI=1S/C21H18F7NO2/c1-18(2)12-8-10(19(30,20(23,24)25)21(26,27)28)6-7-15(12)29-16-11-4-3-5-14(22)17(11)31-9-13(16)18/h3-8,13,16,29-30H,9H2,1-2H3. The summed E-state index contributed by atoms with van der Waals surface area (Å²) >= 11 is 0. The lowest BCUT2D eigenvalue weighted by Gasteiger charge is -2.49. The van der Waals surface area contributed by atoms with Gasteiger partial charge in [0.25, 0.3) is 5.60 Å². The minimum absolute atomic E-state index is 0.00504. The second-order valence-electron chi connectivity index (χ2n) is 8.39. The van der Waals surface area contributed by atoms with Crippen LogP contribution < -0.4 is 10.1 Å². The molecule has 2 aromatic rings. The molecule has 0 amide bonds. The number of rotatable bonds is 1. The average molecular weight is 449 g/mol. The molecule has 0 bridgehead atoms. The summed E-state index contributed by atoms with van der Waals surface area (Å²) in [7, 11) is 0. The van der Waals surface area contributed by atoms with E-state index in [9.17, 15) is 35.8 Å². The van der Waals surface area contributed by atoms with E-state index < -0.39 is 46.7 Å². The molecule has 2 heterocycles. The van der Waals surface area contributed by atoms with Crippen LogP contribution in [0.1, 0.15) is 36.6 Å². The summed E-state index contributed by atoms with van der Waals surface area (Å²) in [5, 5.41) is 12.9. The zero-order chi connectivity index (χ0) is 23.0. The third-order valence-corrected chi connectivity index (χ3v) is 6.33. The highest BCUT2D eigenvalue weighted by atomic mass is 19.4. The van der Waals surface area contributed by atoms with E-state index in [4.69, 9.17) is 4.74 Å². The van der Waals surface area contributed by atoms with Gasteiger partial charge < -0.3 is 15.2 Å². The zero-order valence-electron chi connectivity index (χ0n) is 16.3. The Morgan fingerprint density at radius 2 is 1.68 bits per heavy atom. The molecule has 2 aliphatic rings. The van der Waals surface area contributed by atoms with E-state index in [2.05, 4.69) is 5.32 Å². The van der Waals surface area contributed by atoms with Gasteiger partial charge >= 0.3 is 12.4 Å². The molecular formula is C21H18F7NO2. The van der Waals surface area contributed by atoms with Gasteiger partial charge in [-0.1, -0.05) is 32.0 Å². The van der Waals surface area contributed by atoms with Crippen molar-refractivity contribution in [1.82, 2.24) is 0 Å². The first-order valence-corrected chi connectivity index (χ1v) is 9.38. The number of nitrogens with one attached hydrogen (secondary N) is 1. The van der Waals surface area contributed by atoms with E-state index >= 15 is 0 Å². The van der Waals surface area contributed by atoms with E-state index in [-0.39, 0.29) is 17.9 Å². The quantitative estimate of drug-likeness (QED) is 0.558. The molecule has 3 nitrogen and oxygen atoms in total. The molecule has 2 N–H and O–H groups in total. The lowest BCUT2D eigenvalue weighted by Crippen LogP contribution is -2.54. The van der Waals surface area contributed by atoms with Crippen LogP contribution >= 0.6 is 0 Å². The van der Waals surface area contributed by atoms with Crippen molar-refractivity contribution < 1.29 is 40.6 Å². The van der Waals surface area contributed by atoms with Crippen molar-refractivity contribution in [2.24, 2.45) is 5.92 Å². The SMILES string of the molecule is CC1(C)c2cc(C(O)(C(F)(F)F)C(F)(F)F)ccc2NC2c3cccc(F)c3OCC21. The number of fused-ring (bicyclic) bond motifs is 4. The molecule has 2 atom stereocenters. The Morgan fingerprint density at radius 1 is 1.03 bits per heavy atom. The van der Waals surface area contributed by atoms with Crippen LogP contribution in [0.4, 0.5) is 36.4 Å². The lowest BCUT2D eigenvalue weighted by atomic mass is 9.64. The van der Waals surface area contributed by atoms with Crippen molar-refractivity contribution in [2.75, 3.05) is 11.9 Å². The fourth-order valence-electron chi connectivity index (χ4n) is 4.50. The van der Waals surface area contributed by atoms with Gasteiger partial charge in [0.05, 0.1) is 12.6 Å². The molecule has 168 valence electrons. The first-order valence-electron chi connectivity index (χ1n) is 9.38. The second-order valence-corrected chi connectivity index (χ2v) is 8.39. The maximum atomic E-state index is 14.1. The van der Waals surface area contributed by atoms with Crippen LogP contribution in [0.3, 0.4) is 0 Å². The smallest absolute Gasteiger partial charge is 0.430 e. The number of anilines is 1. The Bertz CT molecular complexity index is 1020. The normalized spacial score (nSPS) is 22.5. The number of hydrogen-bond donors (Lipinski definition) is 2. The van der Waals surface area contributed by atoms with Gasteiger partial charge in [-0.25, -0.2) is 4.39 Å². The van der Waals surface area contributed by atoms with E-state index in [1.54, 1.807) is 19.9 Å². The minimum atomic E-state index is -5.97. The lowest BCUT2D eigenvalue weighted by molar-refractivity contribution is -0.376. The molecular weight excluding hydrogens is 431 g/mol. The maximum absolute atomic E-state index is 14.1. The average Bonchev–Trinajstić information content (AvgIpc) is 2.65. The van der Waals surface area contributed by atoms with Crippen LogP contribution in [0, 0.1) is 11.7 Å². The minimum Gasteiger partial charge on any atom is -0.490 e. The predicted octanol–water partition coefficient (Wildman–Crippen LogP) is 5.59. The first-order chi connectivity index (χ1) is 14.2. The Labute approximate surface area is 172 Å². The Balaban J connectivity index is 1.86. The number of halogens is 7. The number of alkyl halides is 6. The molecule has 0 saturated heterocycles. The monoisotopic (exact) mass is 449 g/mol. The van der Waals surface area contributed by atoms with E-state index in [1.165, 1.54) is 12.1 Å². The Hall–Kier alpha value is -2.49. The van der Waals surface area contributed by atoms with Crippen LogP contribution in [0.15, 0.2) is 36.4 Å². The molecule has 31 heavy (non-hydrogen) atoms.